The van der Waals surface area contributed by atoms with Gasteiger partial charge in [-0.25, -0.2) is 8.78 Å². The number of hydrogen-bond donors (Lipinski definition) is 0. The second-order valence-corrected chi connectivity index (χ2v) is 8.96. The van der Waals surface area contributed by atoms with Gasteiger partial charge >= 0.3 is 0 Å². The van der Waals surface area contributed by atoms with Crippen molar-refractivity contribution in [3.05, 3.63) is 95.1 Å². The summed E-state index contributed by atoms with van der Waals surface area (Å²) in [6.45, 7) is 3.31. The topological polar surface area (TPSA) is 17.4 Å². The first-order valence-electron chi connectivity index (χ1n) is 11.2. The SMILES string of the molecule is Fc1ccc(-n2cc(OCCN3CCC(c4cccc(F)c4)CC3)c3cc(Cl)ccc32)cc1. The Morgan fingerprint density at radius 3 is 2.45 bits per heavy atom. The van der Waals surface area contributed by atoms with E-state index in [1.807, 2.05) is 35.0 Å². The minimum Gasteiger partial charge on any atom is -0.490 e. The first kappa shape index (κ1) is 21.9. The number of ether oxygens (including phenoxy) is 1. The average molecular weight is 467 g/mol. The predicted molar refractivity (Wildman–Crippen MR) is 129 cm³/mol. The summed E-state index contributed by atoms with van der Waals surface area (Å²) < 4.78 is 35.1. The van der Waals surface area contributed by atoms with Gasteiger partial charge < -0.3 is 9.30 Å². The molecule has 5 rings (SSSR count). The Kier molecular flexibility index (Phi) is 6.34. The van der Waals surface area contributed by atoms with Gasteiger partial charge in [0, 0.05) is 22.6 Å². The highest BCUT2D eigenvalue weighted by Gasteiger charge is 2.21. The second kappa shape index (κ2) is 9.54. The van der Waals surface area contributed by atoms with Gasteiger partial charge in [0.2, 0.25) is 0 Å². The molecule has 6 heteroatoms. The fourth-order valence-corrected chi connectivity index (χ4v) is 4.81. The van der Waals surface area contributed by atoms with Crippen LogP contribution in [0.1, 0.15) is 24.3 Å². The summed E-state index contributed by atoms with van der Waals surface area (Å²) in [4.78, 5) is 2.39. The number of nitrogens with zero attached hydrogens (tertiary/aromatic N) is 2. The molecule has 1 aromatic heterocycles. The van der Waals surface area contributed by atoms with Gasteiger partial charge in [-0.1, -0.05) is 23.7 Å². The highest BCUT2D eigenvalue weighted by Crippen LogP contribution is 2.33. The first-order valence-corrected chi connectivity index (χ1v) is 11.6. The molecule has 1 saturated heterocycles. The van der Waals surface area contributed by atoms with Crippen molar-refractivity contribution in [1.29, 1.82) is 0 Å². The summed E-state index contributed by atoms with van der Waals surface area (Å²) >= 11 is 6.25. The summed E-state index contributed by atoms with van der Waals surface area (Å²) in [5.74, 6) is 0.735. The molecule has 3 nitrogen and oxygen atoms in total. The van der Waals surface area contributed by atoms with Crippen LogP contribution in [0.3, 0.4) is 0 Å². The van der Waals surface area contributed by atoms with Crippen LogP contribution < -0.4 is 4.74 Å². The number of aromatic nitrogens is 1. The zero-order valence-corrected chi connectivity index (χ0v) is 18.9. The fourth-order valence-electron chi connectivity index (χ4n) is 4.64. The van der Waals surface area contributed by atoms with E-state index in [9.17, 15) is 8.78 Å². The fraction of sp³-hybridized carbons (Fsp3) is 0.259. The van der Waals surface area contributed by atoms with Crippen LogP contribution in [0.15, 0.2) is 72.9 Å². The van der Waals surface area contributed by atoms with E-state index in [0.717, 1.165) is 60.4 Å². The second-order valence-electron chi connectivity index (χ2n) is 8.52. The van der Waals surface area contributed by atoms with Gasteiger partial charge in [-0.2, -0.15) is 0 Å². The molecular formula is C27H25ClF2N2O. The number of halogens is 3. The quantitative estimate of drug-likeness (QED) is 0.310. The summed E-state index contributed by atoms with van der Waals surface area (Å²) in [6, 6.07) is 19.1. The number of piperidine rings is 1. The van der Waals surface area contributed by atoms with Gasteiger partial charge in [-0.15, -0.1) is 0 Å². The lowest BCUT2D eigenvalue weighted by Crippen LogP contribution is -2.35. The summed E-state index contributed by atoms with van der Waals surface area (Å²) in [7, 11) is 0. The molecule has 170 valence electrons. The maximum Gasteiger partial charge on any atom is 0.145 e. The van der Waals surface area contributed by atoms with Crippen molar-refractivity contribution in [2.24, 2.45) is 0 Å². The van der Waals surface area contributed by atoms with Gasteiger partial charge in [-0.05, 0) is 92.0 Å². The van der Waals surface area contributed by atoms with Crippen LogP contribution in [-0.4, -0.2) is 35.7 Å². The number of rotatable bonds is 6. The Morgan fingerprint density at radius 2 is 1.70 bits per heavy atom. The van der Waals surface area contributed by atoms with Crippen LogP contribution in [0, 0.1) is 11.6 Å². The third-order valence-electron chi connectivity index (χ3n) is 6.41. The molecule has 0 bridgehead atoms. The van der Waals surface area contributed by atoms with Crippen molar-refractivity contribution < 1.29 is 13.5 Å². The Balaban J connectivity index is 1.24. The molecule has 0 saturated carbocycles. The first-order chi connectivity index (χ1) is 16.1. The van der Waals surface area contributed by atoms with Gasteiger partial charge in [0.1, 0.15) is 24.0 Å². The molecule has 1 aliphatic heterocycles. The molecule has 1 fully saturated rings. The van der Waals surface area contributed by atoms with E-state index in [1.54, 1.807) is 24.3 Å². The van der Waals surface area contributed by atoms with E-state index in [0.29, 0.717) is 17.5 Å². The molecule has 0 amide bonds. The Hall–Kier alpha value is -2.89. The zero-order chi connectivity index (χ0) is 22.8. The van der Waals surface area contributed by atoms with E-state index in [2.05, 4.69) is 4.90 Å². The number of benzene rings is 3. The van der Waals surface area contributed by atoms with Crippen LogP contribution in [0.25, 0.3) is 16.6 Å². The molecule has 3 aromatic carbocycles. The van der Waals surface area contributed by atoms with Crippen LogP contribution in [0.4, 0.5) is 8.78 Å². The predicted octanol–water partition coefficient (Wildman–Crippen LogP) is 6.82. The molecule has 0 atom stereocenters. The number of fused-ring (bicyclic) bond motifs is 1. The van der Waals surface area contributed by atoms with E-state index < -0.39 is 0 Å². The van der Waals surface area contributed by atoms with Gasteiger partial charge in [-0.3, -0.25) is 4.90 Å². The van der Waals surface area contributed by atoms with Gasteiger partial charge in [0.25, 0.3) is 0 Å². The third kappa shape index (κ3) is 4.90. The standard InChI is InChI=1S/C27H25ClF2N2O/c28-21-4-9-26-25(17-21)27(18-32(26)24-7-5-22(29)6-8-24)33-15-14-31-12-10-19(11-13-31)20-2-1-3-23(30)16-20/h1-9,16-19H,10-15H2. The largest absolute Gasteiger partial charge is 0.490 e. The zero-order valence-electron chi connectivity index (χ0n) is 18.2. The minimum atomic E-state index is -0.268. The molecule has 0 unspecified atom stereocenters. The lowest BCUT2D eigenvalue weighted by atomic mass is 9.89. The lowest BCUT2D eigenvalue weighted by molar-refractivity contribution is 0.174. The van der Waals surface area contributed by atoms with Crippen molar-refractivity contribution in [3.8, 4) is 11.4 Å². The Labute approximate surface area is 197 Å². The van der Waals surface area contributed by atoms with Crippen LogP contribution in [0.2, 0.25) is 5.02 Å². The van der Waals surface area contributed by atoms with Crippen LogP contribution in [0.5, 0.6) is 5.75 Å². The van der Waals surface area contributed by atoms with E-state index >= 15 is 0 Å². The summed E-state index contributed by atoms with van der Waals surface area (Å²) in [6.07, 6.45) is 3.97. The van der Waals surface area contributed by atoms with Crippen molar-refractivity contribution in [2.75, 3.05) is 26.2 Å². The van der Waals surface area contributed by atoms with Crippen LogP contribution >= 0.6 is 11.6 Å². The molecule has 33 heavy (non-hydrogen) atoms. The third-order valence-corrected chi connectivity index (χ3v) is 6.64. The van der Waals surface area contributed by atoms with Crippen molar-refractivity contribution in [2.45, 2.75) is 18.8 Å². The monoisotopic (exact) mass is 466 g/mol. The molecule has 0 N–H and O–H groups in total. The molecule has 0 radical (unpaired) electrons. The normalized spacial score (nSPS) is 15.2. The highest BCUT2D eigenvalue weighted by molar-refractivity contribution is 6.31. The molecule has 0 spiro atoms. The van der Waals surface area contributed by atoms with Gasteiger partial charge in [0.05, 0.1) is 11.7 Å². The minimum absolute atomic E-state index is 0.164. The highest BCUT2D eigenvalue weighted by atomic mass is 35.5. The molecule has 0 aliphatic carbocycles. The number of likely N-dealkylation sites (tertiary alicyclic amines) is 1. The van der Waals surface area contributed by atoms with E-state index in [4.69, 9.17) is 16.3 Å². The maximum atomic E-state index is 13.5. The summed E-state index contributed by atoms with van der Waals surface area (Å²) in [5, 5.41) is 1.57. The Morgan fingerprint density at radius 1 is 0.909 bits per heavy atom. The molecular weight excluding hydrogens is 442 g/mol. The maximum absolute atomic E-state index is 13.5. The number of hydrogen-bond acceptors (Lipinski definition) is 2. The Bertz CT molecular complexity index is 1250. The van der Waals surface area contributed by atoms with E-state index in [1.165, 1.54) is 18.2 Å². The van der Waals surface area contributed by atoms with Gasteiger partial charge in [0.15, 0.2) is 0 Å². The van der Waals surface area contributed by atoms with Crippen molar-refractivity contribution >= 4 is 22.5 Å². The van der Waals surface area contributed by atoms with Crippen LogP contribution in [-0.2, 0) is 0 Å². The van der Waals surface area contributed by atoms with E-state index in [-0.39, 0.29) is 11.6 Å². The van der Waals surface area contributed by atoms with Crippen molar-refractivity contribution in [1.82, 2.24) is 9.47 Å². The average Bonchev–Trinajstić information content (AvgIpc) is 3.18. The molecule has 4 aromatic rings. The lowest BCUT2D eigenvalue weighted by Gasteiger charge is -2.32. The summed E-state index contributed by atoms with van der Waals surface area (Å²) in [5.41, 5.74) is 2.91. The van der Waals surface area contributed by atoms with Crippen molar-refractivity contribution in [3.63, 3.8) is 0 Å². The molecule has 2 heterocycles. The molecule has 1 aliphatic rings. The smallest absolute Gasteiger partial charge is 0.145 e.